The second kappa shape index (κ2) is 11.0. The molecule has 0 aromatic carbocycles. The highest BCUT2D eigenvalue weighted by Gasteiger charge is 2.19. The van der Waals surface area contributed by atoms with Gasteiger partial charge in [0.25, 0.3) is 5.91 Å². The summed E-state index contributed by atoms with van der Waals surface area (Å²) < 4.78 is 1.91. The van der Waals surface area contributed by atoms with E-state index in [0.717, 1.165) is 51.0 Å². The van der Waals surface area contributed by atoms with Crippen molar-refractivity contribution in [2.24, 2.45) is 11.8 Å². The predicted molar refractivity (Wildman–Crippen MR) is 126 cm³/mol. The van der Waals surface area contributed by atoms with Crippen LogP contribution in [0, 0.1) is 11.8 Å². The molecule has 1 saturated heterocycles. The largest absolute Gasteiger partial charge is 0.492 e. The number of hydrogen-bond acceptors (Lipinski definition) is 4. The Morgan fingerprint density at radius 2 is 1.74 bits per heavy atom. The van der Waals surface area contributed by atoms with E-state index in [4.69, 9.17) is 0 Å². The summed E-state index contributed by atoms with van der Waals surface area (Å²) in [5, 5.41) is 10.4. The van der Waals surface area contributed by atoms with Crippen molar-refractivity contribution in [1.82, 2.24) is 19.2 Å². The lowest BCUT2D eigenvalue weighted by Crippen LogP contribution is -2.34. The van der Waals surface area contributed by atoms with Crippen LogP contribution in [-0.2, 0) is 6.42 Å². The van der Waals surface area contributed by atoms with Crippen LogP contribution in [0.15, 0.2) is 18.3 Å². The topological polar surface area (TPSA) is 61.1 Å². The zero-order valence-electron chi connectivity index (χ0n) is 19.8. The highest BCUT2D eigenvalue weighted by atomic mass is 16.3. The van der Waals surface area contributed by atoms with Crippen LogP contribution in [0.5, 0.6) is 5.88 Å². The number of aromatic hydroxyl groups is 1. The Hall–Kier alpha value is -2.08. The molecule has 2 aromatic rings. The quantitative estimate of drug-likeness (QED) is 0.568. The van der Waals surface area contributed by atoms with Crippen LogP contribution in [0.3, 0.4) is 0 Å². The summed E-state index contributed by atoms with van der Waals surface area (Å²) in [7, 11) is 0. The molecule has 0 aliphatic carbocycles. The Morgan fingerprint density at radius 1 is 1.10 bits per heavy atom. The van der Waals surface area contributed by atoms with Gasteiger partial charge in [-0.2, -0.15) is 4.98 Å². The number of aryl methyl sites for hydroxylation is 1. The van der Waals surface area contributed by atoms with E-state index in [0.29, 0.717) is 23.0 Å². The normalized spacial score (nSPS) is 14.9. The lowest BCUT2D eigenvalue weighted by Gasteiger charge is -2.24. The summed E-state index contributed by atoms with van der Waals surface area (Å²) in [5.74, 6) is 1.27. The minimum Gasteiger partial charge on any atom is -0.492 e. The van der Waals surface area contributed by atoms with E-state index in [-0.39, 0.29) is 11.8 Å². The highest BCUT2D eigenvalue weighted by Crippen LogP contribution is 2.22. The van der Waals surface area contributed by atoms with Gasteiger partial charge in [-0.3, -0.25) is 9.20 Å². The lowest BCUT2D eigenvalue weighted by atomic mass is 10.1. The van der Waals surface area contributed by atoms with Gasteiger partial charge < -0.3 is 14.9 Å². The van der Waals surface area contributed by atoms with Gasteiger partial charge in [0.05, 0.1) is 11.3 Å². The van der Waals surface area contributed by atoms with Crippen molar-refractivity contribution in [3.8, 4) is 5.88 Å². The minimum absolute atomic E-state index is 0.0689. The molecule has 0 bridgehead atoms. The lowest BCUT2D eigenvalue weighted by molar-refractivity contribution is 0.0740. The summed E-state index contributed by atoms with van der Waals surface area (Å²) in [5.41, 5.74) is 2.17. The average molecular weight is 429 g/mol. The van der Waals surface area contributed by atoms with E-state index in [1.54, 1.807) is 0 Å². The molecule has 0 saturated carbocycles. The number of hydrogen-bond donors (Lipinski definition) is 1. The summed E-state index contributed by atoms with van der Waals surface area (Å²) in [6.07, 6.45) is 8.18. The first kappa shape index (κ1) is 23.6. The molecular weight excluding hydrogens is 388 g/mol. The summed E-state index contributed by atoms with van der Waals surface area (Å²) >= 11 is 0. The number of aromatic nitrogens is 2. The maximum atomic E-state index is 13.3. The Kier molecular flexibility index (Phi) is 8.35. The first-order valence-electron chi connectivity index (χ1n) is 12.1. The van der Waals surface area contributed by atoms with Gasteiger partial charge in [0.1, 0.15) is 5.65 Å². The van der Waals surface area contributed by atoms with Crippen molar-refractivity contribution in [2.75, 3.05) is 32.7 Å². The molecule has 1 N–H and O–H groups in total. The van der Waals surface area contributed by atoms with Crippen LogP contribution < -0.4 is 0 Å². The molecule has 1 amide bonds. The number of nitrogens with zero attached hydrogens (tertiary/aromatic N) is 4. The Bertz CT molecular complexity index is 841. The highest BCUT2D eigenvalue weighted by molar-refractivity contribution is 5.94. The minimum atomic E-state index is 0.0689. The molecule has 1 aliphatic heterocycles. The second-order valence-electron chi connectivity index (χ2n) is 9.84. The molecular formula is C25H40N4O2. The van der Waals surface area contributed by atoms with Gasteiger partial charge in [0.15, 0.2) is 0 Å². The van der Waals surface area contributed by atoms with E-state index in [9.17, 15) is 9.90 Å². The van der Waals surface area contributed by atoms with E-state index < -0.39 is 0 Å². The summed E-state index contributed by atoms with van der Waals surface area (Å²) in [6, 6.07) is 3.69. The molecule has 3 rings (SSSR count). The molecule has 2 aromatic heterocycles. The number of carbonyl (C=O) groups is 1. The van der Waals surface area contributed by atoms with Gasteiger partial charge in [-0.15, -0.1) is 0 Å². The Balaban J connectivity index is 1.75. The molecule has 31 heavy (non-hydrogen) atoms. The summed E-state index contributed by atoms with van der Waals surface area (Å²) in [6.45, 7) is 13.7. The molecule has 0 radical (unpaired) electrons. The van der Waals surface area contributed by atoms with Gasteiger partial charge in [0, 0.05) is 19.3 Å². The van der Waals surface area contributed by atoms with Crippen LogP contribution in [0.4, 0.5) is 0 Å². The van der Waals surface area contributed by atoms with Gasteiger partial charge in [-0.1, -0.05) is 27.7 Å². The van der Waals surface area contributed by atoms with Crippen LogP contribution >= 0.6 is 0 Å². The number of carbonyl (C=O) groups excluding carboxylic acids is 1. The predicted octanol–water partition coefficient (Wildman–Crippen LogP) is 4.60. The molecule has 0 spiro atoms. The second-order valence-corrected chi connectivity index (χ2v) is 9.84. The number of imidazole rings is 1. The third kappa shape index (κ3) is 6.45. The monoisotopic (exact) mass is 428 g/mol. The van der Waals surface area contributed by atoms with E-state index >= 15 is 0 Å². The maximum absolute atomic E-state index is 13.3. The SMILES string of the molecule is CC(C)CCN(CCC(C)C)C(=O)c1ccc2nc(O)c(CCCN3CCCC3)n2c1. The van der Waals surface area contributed by atoms with Gasteiger partial charge >= 0.3 is 0 Å². The summed E-state index contributed by atoms with van der Waals surface area (Å²) in [4.78, 5) is 22.1. The zero-order chi connectivity index (χ0) is 22.4. The molecule has 6 heteroatoms. The maximum Gasteiger partial charge on any atom is 0.255 e. The zero-order valence-corrected chi connectivity index (χ0v) is 19.8. The van der Waals surface area contributed by atoms with Crippen molar-refractivity contribution in [2.45, 2.75) is 66.2 Å². The standard InChI is InChI=1S/C25H40N4O2/c1-19(2)11-16-28(17-12-20(3)4)25(31)21-9-10-23-26-24(30)22(29(23)18-21)8-7-15-27-13-5-6-14-27/h9-10,18-20,30H,5-8,11-17H2,1-4H3. The molecule has 0 atom stereocenters. The van der Waals surface area contributed by atoms with Crippen molar-refractivity contribution in [3.63, 3.8) is 0 Å². The van der Waals surface area contributed by atoms with E-state index in [1.807, 2.05) is 27.6 Å². The Labute approximate surface area is 187 Å². The smallest absolute Gasteiger partial charge is 0.255 e. The fourth-order valence-corrected chi connectivity index (χ4v) is 4.24. The molecule has 1 fully saturated rings. The molecule has 3 heterocycles. The number of fused-ring (bicyclic) bond motifs is 1. The fourth-order valence-electron chi connectivity index (χ4n) is 4.24. The first-order valence-corrected chi connectivity index (χ1v) is 12.1. The number of pyridine rings is 1. The van der Waals surface area contributed by atoms with Crippen molar-refractivity contribution in [3.05, 3.63) is 29.6 Å². The molecule has 172 valence electrons. The van der Waals surface area contributed by atoms with Crippen molar-refractivity contribution < 1.29 is 9.90 Å². The third-order valence-corrected chi connectivity index (χ3v) is 6.27. The van der Waals surface area contributed by atoms with Crippen molar-refractivity contribution >= 4 is 11.6 Å². The first-order chi connectivity index (χ1) is 14.8. The fraction of sp³-hybridized carbons (Fsp3) is 0.680. The molecule has 0 unspecified atom stereocenters. The molecule has 6 nitrogen and oxygen atoms in total. The molecule has 1 aliphatic rings. The number of rotatable bonds is 11. The van der Waals surface area contributed by atoms with Crippen molar-refractivity contribution in [1.29, 1.82) is 0 Å². The van der Waals surface area contributed by atoms with Crippen LogP contribution in [0.2, 0.25) is 0 Å². The van der Waals surface area contributed by atoms with Crippen LogP contribution in [0.25, 0.3) is 5.65 Å². The Morgan fingerprint density at radius 3 is 2.35 bits per heavy atom. The number of amides is 1. The average Bonchev–Trinajstić information content (AvgIpc) is 3.34. The van der Waals surface area contributed by atoms with E-state index in [1.165, 1.54) is 25.9 Å². The van der Waals surface area contributed by atoms with Gasteiger partial charge in [0.2, 0.25) is 5.88 Å². The van der Waals surface area contributed by atoms with Gasteiger partial charge in [-0.05, 0) is 82.1 Å². The van der Waals surface area contributed by atoms with Crippen LogP contribution in [-0.4, -0.2) is 62.9 Å². The number of likely N-dealkylation sites (tertiary alicyclic amines) is 1. The van der Waals surface area contributed by atoms with Gasteiger partial charge in [-0.25, -0.2) is 0 Å². The third-order valence-electron chi connectivity index (χ3n) is 6.27. The van der Waals surface area contributed by atoms with E-state index in [2.05, 4.69) is 37.6 Å². The van der Waals surface area contributed by atoms with Crippen LogP contribution in [0.1, 0.15) is 75.9 Å².